The normalized spacial score (nSPS) is 11.6. The molecule has 0 aromatic heterocycles. The zero-order valence-electron chi connectivity index (χ0n) is 12.9. The first-order valence-electron chi connectivity index (χ1n) is 8.06. The molecule has 0 aliphatic carbocycles. The topological polar surface area (TPSA) is 0 Å². The van der Waals surface area contributed by atoms with Crippen molar-refractivity contribution in [3.8, 4) is 0 Å². The summed E-state index contributed by atoms with van der Waals surface area (Å²) in [7, 11) is -0.358. The van der Waals surface area contributed by atoms with Crippen molar-refractivity contribution >= 4 is 29.4 Å². The molecule has 0 radical (unpaired) electrons. The van der Waals surface area contributed by atoms with E-state index in [9.17, 15) is 0 Å². The molecule has 0 N–H and O–H groups in total. The maximum Gasteiger partial charge on any atom is 0.0590 e. The van der Waals surface area contributed by atoms with E-state index in [-0.39, 0.29) is 19.0 Å². The number of hydrogen-bond donors (Lipinski definition) is 0. The highest BCUT2D eigenvalue weighted by Gasteiger charge is 2.00. The van der Waals surface area contributed by atoms with Crippen LogP contribution in [0.5, 0.6) is 0 Å². The number of rotatable bonds is 6. The van der Waals surface area contributed by atoms with E-state index in [0.717, 1.165) is 0 Å². The zero-order chi connectivity index (χ0) is 15.0. The van der Waals surface area contributed by atoms with Crippen LogP contribution in [0.1, 0.15) is 11.1 Å². The van der Waals surface area contributed by atoms with Gasteiger partial charge in [0.2, 0.25) is 0 Å². The lowest BCUT2D eigenvalue weighted by molar-refractivity contribution is 1.30. The second-order valence-electron chi connectivity index (χ2n) is 5.79. The van der Waals surface area contributed by atoms with Crippen molar-refractivity contribution in [1.82, 2.24) is 0 Å². The Bertz CT molecular complexity index is 634. The second kappa shape index (κ2) is 7.92. The van der Waals surface area contributed by atoms with Gasteiger partial charge in [-0.3, -0.25) is 0 Å². The van der Waals surface area contributed by atoms with Gasteiger partial charge in [0.25, 0.3) is 0 Å². The van der Waals surface area contributed by atoms with Crippen LogP contribution in [-0.2, 0) is 12.1 Å². The monoisotopic (exact) mass is 318 g/mol. The predicted molar refractivity (Wildman–Crippen MR) is 103 cm³/mol. The van der Waals surface area contributed by atoms with Crippen LogP contribution in [0, 0.1) is 0 Å². The van der Waals surface area contributed by atoms with Crippen molar-refractivity contribution in [2.45, 2.75) is 12.1 Å². The smallest absolute Gasteiger partial charge is 0.0590 e. The Hall–Kier alpha value is -1.91. The van der Waals surface area contributed by atoms with Gasteiger partial charge in [0.05, 0.1) is 19.0 Å². The first-order valence-corrected chi connectivity index (χ1v) is 11.5. The van der Waals surface area contributed by atoms with Crippen molar-refractivity contribution in [1.29, 1.82) is 0 Å². The van der Waals surface area contributed by atoms with Gasteiger partial charge in [-0.1, -0.05) is 106 Å². The summed E-state index contributed by atoms with van der Waals surface area (Å²) in [6, 6.07) is 33.7. The summed E-state index contributed by atoms with van der Waals surface area (Å²) in [5.41, 5.74) is 3.05. The minimum atomic E-state index is -0.179. The predicted octanol–water partition coefficient (Wildman–Crippen LogP) is 1.68. The van der Waals surface area contributed by atoms with Gasteiger partial charge < -0.3 is 0 Å². The molecule has 0 spiro atoms. The Morgan fingerprint density at radius 3 is 1.41 bits per heavy atom. The van der Waals surface area contributed by atoms with E-state index in [1.165, 1.54) is 23.2 Å². The molecule has 0 saturated carbocycles. The van der Waals surface area contributed by atoms with Crippen LogP contribution in [0.3, 0.4) is 0 Å². The van der Waals surface area contributed by atoms with Gasteiger partial charge in [-0.15, -0.1) is 0 Å². The molecule has 0 amide bonds. The van der Waals surface area contributed by atoms with E-state index in [2.05, 4.69) is 84.9 Å². The minimum Gasteiger partial charge on any atom is -0.0666 e. The molecule has 0 bridgehead atoms. The summed E-state index contributed by atoms with van der Waals surface area (Å²) < 4.78 is 0. The molecule has 3 aromatic carbocycles. The average molecular weight is 319 g/mol. The Balaban J connectivity index is 1.58. The summed E-state index contributed by atoms with van der Waals surface area (Å²) >= 11 is 0. The molecular weight excluding hydrogens is 296 g/mol. The minimum absolute atomic E-state index is 0.179. The highest BCUT2D eigenvalue weighted by molar-refractivity contribution is 6.53. The SMILES string of the molecule is c1ccc([SiH2]Cc2cccc(C[SiH2]c3ccccc3)c2)cc1. The van der Waals surface area contributed by atoms with E-state index in [1.54, 1.807) is 10.4 Å². The molecule has 22 heavy (non-hydrogen) atoms. The molecule has 0 fully saturated rings. The fourth-order valence-electron chi connectivity index (χ4n) is 2.81. The van der Waals surface area contributed by atoms with E-state index in [1.807, 2.05) is 0 Å². The molecule has 110 valence electrons. The lowest BCUT2D eigenvalue weighted by Gasteiger charge is -2.06. The Labute approximate surface area is 137 Å². The summed E-state index contributed by atoms with van der Waals surface area (Å²) in [5.74, 6) is 0. The lowest BCUT2D eigenvalue weighted by Crippen LogP contribution is -2.17. The van der Waals surface area contributed by atoms with Crippen molar-refractivity contribution < 1.29 is 0 Å². The highest BCUT2D eigenvalue weighted by atomic mass is 28.2. The van der Waals surface area contributed by atoms with E-state index in [0.29, 0.717) is 0 Å². The molecule has 0 nitrogen and oxygen atoms in total. The van der Waals surface area contributed by atoms with Gasteiger partial charge in [-0.05, 0) is 12.1 Å². The number of hydrogen-bond acceptors (Lipinski definition) is 0. The fourth-order valence-corrected chi connectivity index (χ4v) is 5.80. The molecule has 3 aromatic rings. The molecular formula is C20H22Si2. The summed E-state index contributed by atoms with van der Waals surface area (Å²) in [6.07, 6.45) is 0. The molecule has 0 unspecified atom stereocenters. The Morgan fingerprint density at radius 1 is 0.500 bits per heavy atom. The largest absolute Gasteiger partial charge is 0.0666 e. The molecule has 0 saturated heterocycles. The van der Waals surface area contributed by atoms with Gasteiger partial charge >= 0.3 is 0 Å². The standard InChI is InChI=1S/C20H22Si2/c1-3-10-19(11-4-1)21-15-17-8-7-9-18(14-17)16-22-20-12-5-2-6-13-20/h1-14H,15-16,21-22H2. The molecule has 0 atom stereocenters. The quantitative estimate of drug-likeness (QED) is 0.607. The van der Waals surface area contributed by atoms with Gasteiger partial charge in [-0.2, -0.15) is 0 Å². The number of benzene rings is 3. The molecule has 0 aliphatic heterocycles. The first-order chi connectivity index (χ1) is 10.9. The molecule has 0 heterocycles. The molecule has 2 heteroatoms. The first kappa shape index (κ1) is 15.0. The van der Waals surface area contributed by atoms with Crippen molar-refractivity contribution in [3.63, 3.8) is 0 Å². The third-order valence-corrected chi connectivity index (χ3v) is 7.83. The summed E-state index contributed by atoms with van der Waals surface area (Å²) in [5, 5.41) is 3.12. The maximum atomic E-state index is 2.44. The lowest BCUT2D eigenvalue weighted by atomic mass is 10.2. The van der Waals surface area contributed by atoms with Crippen LogP contribution in [0.15, 0.2) is 84.9 Å². The van der Waals surface area contributed by atoms with Gasteiger partial charge in [0.1, 0.15) is 0 Å². The fraction of sp³-hybridized carbons (Fsp3) is 0.100. The average Bonchev–Trinajstić information content (AvgIpc) is 2.60. The van der Waals surface area contributed by atoms with Crippen LogP contribution in [-0.4, -0.2) is 19.0 Å². The summed E-state index contributed by atoms with van der Waals surface area (Å²) in [4.78, 5) is 0. The van der Waals surface area contributed by atoms with E-state index < -0.39 is 0 Å². The van der Waals surface area contributed by atoms with Crippen LogP contribution in [0.25, 0.3) is 0 Å². The zero-order valence-corrected chi connectivity index (χ0v) is 15.7. The highest BCUT2D eigenvalue weighted by Crippen LogP contribution is 2.06. The van der Waals surface area contributed by atoms with Gasteiger partial charge in [-0.25, -0.2) is 0 Å². The van der Waals surface area contributed by atoms with E-state index >= 15 is 0 Å². The second-order valence-corrected chi connectivity index (χ2v) is 9.42. The van der Waals surface area contributed by atoms with Crippen molar-refractivity contribution in [2.24, 2.45) is 0 Å². The Kier molecular flexibility index (Phi) is 5.40. The van der Waals surface area contributed by atoms with Crippen LogP contribution in [0.2, 0.25) is 0 Å². The van der Waals surface area contributed by atoms with E-state index in [4.69, 9.17) is 0 Å². The van der Waals surface area contributed by atoms with Crippen molar-refractivity contribution in [2.75, 3.05) is 0 Å². The molecule has 0 aliphatic rings. The Morgan fingerprint density at radius 2 is 0.955 bits per heavy atom. The van der Waals surface area contributed by atoms with Gasteiger partial charge in [0.15, 0.2) is 0 Å². The third kappa shape index (κ3) is 4.55. The third-order valence-electron chi connectivity index (χ3n) is 4.08. The summed E-state index contributed by atoms with van der Waals surface area (Å²) in [6.45, 7) is 0. The van der Waals surface area contributed by atoms with Crippen molar-refractivity contribution in [3.05, 3.63) is 96.1 Å². The van der Waals surface area contributed by atoms with Gasteiger partial charge in [0, 0.05) is 0 Å². The van der Waals surface area contributed by atoms with Crippen LogP contribution >= 0.6 is 0 Å². The maximum absolute atomic E-state index is 2.44. The molecule has 3 rings (SSSR count). The van der Waals surface area contributed by atoms with Crippen LogP contribution < -0.4 is 10.4 Å². The van der Waals surface area contributed by atoms with Crippen LogP contribution in [0.4, 0.5) is 0 Å².